The highest BCUT2D eigenvalue weighted by Crippen LogP contribution is 2.18. The van der Waals surface area contributed by atoms with E-state index >= 15 is 0 Å². The van der Waals surface area contributed by atoms with Crippen molar-refractivity contribution in [3.8, 4) is 5.13 Å². The first-order chi connectivity index (χ1) is 11.0. The van der Waals surface area contributed by atoms with E-state index in [0.29, 0.717) is 10.7 Å². The van der Waals surface area contributed by atoms with Crippen LogP contribution >= 0.6 is 22.9 Å². The van der Waals surface area contributed by atoms with E-state index in [0.717, 1.165) is 22.2 Å². The highest BCUT2D eigenvalue weighted by atomic mass is 35.5. The van der Waals surface area contributed by atoms with Crippen molar-refractivity contribution < 1.29 is 4.79 Å². The molecule has 3 rings (SSSR count). The maximum absolute atomic E-state index is 12.1. The molecule has 2 aromatic heterocycles. The summed E-state index contributed by atoms with van der Waals surface area (Å²) in [6.45, 7) is 3.92. The van der Waals surface area contributed by atoms with Crippen molar-refractivity contribution in [1.82, 2.24) is 14.8 Å². The van der Waals surface area contributed by atoms with E-state index in [1.54, 1.807) is 28.9 Å². The largest absolute Gasteiger partial charge is 0.326 e. The van der Waals surface area contributed by atoms with Gasteiger partial charge >= 0.3 is 0 Å². The van der Waals surface area contributed by atoms with Gasteiger partial charge in [0.2, 0.25) is 11.0 Å². The first-order valence-electron chi connectivity index (χ1n) is 7.05. The van der Waals surface area contributed by atoms with Gasteiger partial charge in [0.15, 0.2) is 0 Å². The fourth-order valence-electron chi connectivity index (χ4n) is 2.20. The molecule has 0 aliphatic carbocycles. The number of thiazole rings is 1. The first-order valence-corrected chi connectivity index (χ1v) is 8.30. The number of anilines is 1. The van der Waals surface area contributed by atoms with Crippen LogP contribution in [0.3, 0.4) is 0 Å². The average Bonchev–Trinajstić information content (AvgIpc) is 3.07. The molecule has 0 spiro atoms. The van der Waals surface area contributed by atoms with Gasteiger partial charge in [-0.25, -0.2) is 9.67 Å². The Balaban J connectivity index is 1.68. The van der Waals surface area contributed by atoms with Gasteiger partial charge in [-0.15, -0.1) is 11.3 Å². The van der Waals surface area contributed by atoms with Crippen LogP contribution in [-0.2, 0) is 11.2 Å². The molecule has 2 heterocycles. The van der Waals surface area contributed by atoms with Crippen LogP contribution in [0.15, 0.2) is 35.7 Å². The Bertz CT molecular complexity index is 838. The Morgan fingerprint density at radius 1 is 1.30 bits per heavy atom. The van der Waals surface area contributed by atoms with Gasteiger partial charge < -0.3 is 5.32 Å². The zero-order valence-corrected chi connectivity index (χ0v) is 14.3. The van der Waals surface area contributed by atoms with Crippen molar-refractivity contribution in [2.75, 3.05) is 5.32 Å². The maximum Gasteiger partial charge on any atom is 0.230 e. The van der Waals surface area contributed by atoms with Crippen LogP contribution in [0.5, 0.6) is 0 Å². The third-order valence-electron chi connectivity index (χ3n) is 3.20. The Kier molecular flexibility index (Phi) is 4.45. The molecule has 5 nitrogen and oxygen atoms in total. The number of nitrogens with zero attached hydrogens (tertiary/aromatic N) is 3. The number of hydrogen-bond acceptors (Lipinski definition) is 4. The Labute approximate surface area is 142 Å². The number of amides is 1. The molecule has 3 aromatic rings. The molecule has 0 radical (unpaired) electrons. The fourth-order valence-corrected chi connectivity index (χ4v) is 3.16. The molecule has 7 heteroatoms. The molecular weight excluding hydrogens is 332 g/mol. The second kappa shape index (κ2) is 6.52. The molecule has 0 aliphatic heterocycles. The smallest absolute Gasteiger partial charge is 0.230 e. The van der Waals surface area contributed by atoms with Gasteiger partial charge in [-0.05, 0) is 44.2 Å². The van der Waals surface area contributed by atoms with E-state index in [1.807, 2.05) is 25.3 Å². The molecule has 0 bridgehead atoms. The summed E-state index contributed by atoms with van der Waals surface area (Å²) in [5.41, 5.74) is 3.41. The average molecular weight is 347 g/mol. The number of hydrogen-bond donors (Lipinski definition) is 1. The van der Waals surface area contributed by atoms with Crippen molar-refractivity contribution in [3.63, 3.8) is 0 Å². The topological polar surface area (TPSA) is 59.8 Å². The third-order valence-corrected chi connectivity index (χ3v) is 4.32. The van der Waals surface area contributed by atoms with Crippen LogP contribution in [0, 0.1) is 13.8 Å². The molecule has 0 saturated heterocycles. The molecule has 0 saturated carbocycles. The normalized spacial score (nSPS) is 10.7. The van der Waals surface area contributed by atoms with Crippen molar-refractivity contribution in [3.05, 3.63) is 57.8 Å². The lowest BCUT2D eigenvalue weighted by atomic mass is 10.3. The minimum atomic E-state index is -0.113. The third kappa shape index (κ3) is 3.78. The van der Waals surface area contributed by atoms with Crippen molar-refractivity contribution in [2.24, 2.45) is 0 Å². The zero-order valence-electron chi connectivity index (χ0n) is 12.7. The second-order valence-corrected chi connectivity index (χ2v) is 6.47. The summed E-state index contributed by atoms with van der Waals surface area (Å²) in [6, 6.07) is 9.00. The van der Waals surface area contributed by atoms with Gasteiger partial charge in [-0.3, -0.25) is 4.79 Å². The van der Waals surface area contributed by atoms with E-state index in [4.69, 9.17) is 11.6 Å². The SMILES string of the molecule is Cc1cc(C)n(-c2nc(CC(=O)Nc3ccc(Cl)cc3)cs2)n1. The number of aryl methyl sites for hydroxylation is 2. The molecular formula is C16H15ClN4OS. The lowest BCUT2D eigenvalue weighted by Gasteiger charge is -2.03. The highest BCUT2D eigenvalue weighted by molar-refractivity contribution is 7.12. The lowest BCUT2D eigenvalue weighted by Crippen LogP contribution is -2.14. The maximum atomic E-state index is 12.1. The molecule has 1 N–H and O–H groups in total. The van der Waals surface area contributed by atoms with Crippen LogP contribution in [0.25, 0.3) is 5.13 Å². The van der Waals surface area contributed by atoms with E-state index in [2.05, 4.69) is 15.4 Å². The van der Waals surface area contributed by atoms with Crippen molar-refractivity contribution in [2.45, 2.75) is 20.3 Å². The summed E-state index contributed by atoms with van der Waals surface area (Å²) < 4.78 is 1.79. The van der Waals surface area contributed by atoms with E-state index in [9.17, 15) is 4.79 Å². The monoisotopic (exact) mass is 346 g/mol. The summed E-state index contributed by atoms with van der Waals surface area (Å²) in [7, 11) is 0. The molecule has 0 unspecified atom stereocenters. The minimum Gasteiger partial charge on any atom is -0.326 e. The van der Waals surface area contributed by atoms with Gasteiger partial charge in [0.1, 0.15) is 0 Å². The lowest BCUT2D eigenvalue weighted by molar-refractivity contribution is -0.115. The van der Waals surface area contributed by atoms with Crippen molar-refractivity contribution in [1.29, 1.82) is 0 Å². The Morgan fingerprint density at radius 3 is 2.70 bits per heavy atom. The molecule has 1 amide bonds. The molecule has 23 heavy (non-hydrogen) atoms. The quantitative estimate of drug-likeness (QED) is 0.782. The molecule has 0 fully saturated rings. The van der Waals surface area contributed by atoms with Crippen molar-refractivity contribution >= 4 is 34.5 Å². The van der Waals surface area contributed by atoms with Gasteiger partial charge in [-0.2, -0.15) is 5.10 Å². The molecule has 0 atom stereocenters. The van der Waals surface area contributed by atoms with Crippen LogP contribution < -0.4 is 5.32 Å². The number of rotatable bonds is 4. The number of carbonyl (C=O) groups is 1. The summed E-state index contributed by atoms with van der Waals surface area (Å²) in [5, 5.41) is 10.5. The minimum absolute atomic E-state index is 0.113. The van der Waals surface area contributed by atoms with Crippen LogP contribution in [0.4, 0.5) is 5.69 Å². The molecule has 1 aromatic carbocycles. The zero-order chi connectivity index (χ0) is 16.4. The Hall–Kier alpha value is -2.18. The first kappa shape index (κ1) is 15.7. The van der Waals surface area contributed by atoms with Crippen LogP contribution in [0.1, 0.15) is 17.1 Å². The number of halogens is 1. The number of nitrogens with one attached hydrogen (secondary N) is 1. The molecule has 0 aliphatic rings. The standard InChI is InChI=1S/C16H15ClN4OS/c1-10-7-11(2)21(20-10)16-19-14(9-23-16)8-15(22)18-13-5-3-12(17)4-6-13/h3-7,9H,8H2,1-2H3,(H,18,22). The second-order valence-electron chi connectivity index (χ2n) is 5.19. The van der Waals surface area contributed by atoms with Gasteiger partial charge in [0.05, 0.1) is 17.8 Å². The number of aromatic nitrogens is 3. The van der Waals surface area contributed by atoms with Gasteiger partial charge in [0.25, 0.3) is 0 Å². The predicted octanol–water partition coefficient (Wildman–Crippen LogP) is 3.78. The summed E-state index contributed by atoms with van der Waals surface area (Å²) in [5.74, 6) is -0.113. The highest BCUT2D eigenvalue weighted by Gasteiger charge is 2.11. The number of carbonyl (C=O) groups excluding carboxylic acids is 1. The van der Waals surface area contributed by atoms with Gasteiger partial charge in [0, 0.05) is 21.8 Å². The van der Waals surface area contributed by atoms with Crippen LogP contribution in [0.2, 0.25) is 5.02 Å². The fraction of sp³-hybridized carbons (Fsp3) is 0.188. The van der Waals surface area contributed by atoms with Crippen LogP contribution in [-0.4, -0.2) is 20.7 Å². The summed E-state index contributed by atoms with van der Waals surface area (Å²) in [4.78, 5) is 16.6. The summed E-state index contributed by atoms with van der Waals surface area (Å²) >= 11 is 7.30. The number of benzene rings is 1. The molecule has 118 valence electrons. The summed E-state index contributed by atoms with van der Waals surface area (Å²) in [6.07, 6.45) is 0.221. The van der Waals surface area contributed by atoms with Gasteiger partial charge in [-0.1, -0.05) is 11.6 Å². The van der Waals surface area contributed by atoms with E-state index in [-0.39, 0.29) is 12.3 Å². The predicted molar refractivity (Wildman–Crippen MR) is 92.5 cm³/mol. The van der Waals surface area contributed by atoms with E-state index in [1.165, 1.54) is 11.3 Å². The van der Waals surface area contributed by atoms with E-state index < -0.39 is 0 Å². The Morgan fingerprint density at radius 2 is 2.04 bits per heavy atom.